The maximum Gasteiger partial charge on any atom is 0.264 e. The molecule has 0 radical (unpaired) electrons. The minimum absolute atomic E-state index is 0.0110. The molecule has 1 fully saturated rings. The summed E-state index contributed by atoms with van der Waals surface area (Å²) in [4.78, 5) is 20.5. The van der Waals surface area contributed by atoms with Gasteiger partial charge in [0.15, 0.2) is 6.10 Å². The number of rotatable bonds is 7. The maximum absolute atomic E-state index is 13.1. The number of aromatic nitrogens is 1. The summed E-state index contributed by atoms with van der Waals surface area (Å²) in [6.07, 6.45) is 2.26. The van der Waals surface area contributed by atoms with Gasteiger partial charge in [-0.1, -0.05) is 11.6 Å². The predicted octanol–water partition coefficient (Wildman–Crippen LogP) is 3.22. The van der Waals surface area contributed by atoms with E-state index in [1.54, 1.807) is 31.4 Å². The van der Waals surface area contributed by atoms with Crippen LogP contribution in [0.5, 0.6) is 5.75 Å². The molecule has 1 aromatic carbocycles. The molecule has 5 rings (SSSR count). The van der Waals surface area contributed by atoms with Gasteiger partial charge in [0.25, 0.3) is 5.91 Å². The fourth-order valence-corrected chi connectivity index (χ4v) is 6.66. The van der Waals surface area contributed by atoms with Gasteiger partial charge in [-0.05, 0) is 44.5 Å². The van der Waals surface area contributed by atoms with Gasteiger partial charge in [-0.3, -0.25) is 9.78 Å². The van der Waals surface area contributed by atoms with Crippen LogP contribution in [0.15, 0.2) is 30.5 Å². The molecular weight excluding hydrogens is 520 g/mol. The monoisotopic (exact) mass is 548 g/mol. The van der Waals surface area contributed by atoms with Crippen LogP contribution in [0.25, 0.3) is 21.3 Å². The Morgan fingerprint density at radius 2 is 2.06 bits per heavy atom. The van der Waals surface area contributed by atoms with Gasteiger partial charge in [-0.2, -0.15) is 0 Å². The van der Waals surface area contributed by atoms with Gasteiger partial charge in [0.2, 0.25) is 10.0 Å². The number of carbonyl (C=O) groups excluding carboxylic acids is 1. The zero-order chi connectivity index (χ0) is 25.4. The van der Waals surface area contributed by atoms with E-state index >= 15 is 0 Å². The first kappa shape index (κ1) is 25.4. The number of piperazine rings is 1. The van der Waals surface area contributed by atoms with Gasteiger partial charge in [0.05, 0.1) is 15.5 Å². The first-order valence-corrected chi connectivity index (χ1v) is 14.8. The Kier molecular flexibility index (Phi) is 7.24. The van der Waals surface area contributed by atoms with E-state index in [0.29, 0.717) is 43.2 Å². The molecule has 36 heavy (non-hydrogen) atoms. The quantitative estimate of drug-likeness (QED) is 0.470. The third-order valence-electron chi connectivity index (χ3n) is 6.55. The lowest BCUT2D eigenvalue weighted by molar-refractivity contribution is -0.138. The molecule has 8 nitrogen and oxygen atoms in total. The molecule has 11 heteroatoms. The van der Waals surface area contributed by atoms with E-state index in [0.717, 1.165) is 44.9 Å². The van der Waals surface area contributed by atoms with Crippen molar-refractivity contribution in [3.63, 3.8) is 0 Å². The van der Waals surface area contributed by atoms with E-state index in [2.05, 4.69) is 15.0 Å². The molecule has 3 aromatic rings. The Labute approximate surface area is 220 Å². The van der Waals surface area contributed by atoms with Gasteiger partial charge < -0.3 is 15.0 Å². The van der Waals surface area contributed by atoms with Crippen LogP contribution in [0, 0.1) is 0 Å². The van der Waals surface area contributed by atoms with Crippen LogP contribution in [0.1, 0.15) is 24.3 Å². The highest BCUT2D eigenvalue weighted by Gasteiger charge is 2.35. The molecule has 0 saturated carbocycles. The smallest absolute Gasteiger partial charge is 0.264 e. The average molecular weight is 549 g/mol. The SMILES string of the molecule is CC(C)S(=O)(=O)NCCc1cc2nccc(-c3cc(Cl)cc4c3OC(C(=O)N3CCNCC3)C4)c2s1. The van der Waals surface area contributed by atoms with Gasteiger partial charge >= 0.3 is 0 Å². The molecule has 2 N–H and O–H groups in total. The minimum atomic E-state index is -3.31. The number of carbonyl (C=O) groups is 1. The molecule has 1 amide bonds. The molecular formula is C25H29ClN4O4S2. The highest BCUT2D eigenvalue weighted by Crippen LogP contribution is 2.44. The Balaban J connectivity index is 1.42. The van der Waals surface area contributed by atoms with E-state index in [9.17, 15) is 13.2 Å². The molecule has 0 bridgehead atoms. The van der Waals surface area contributed by atoms with Crippen molar-refractivity contribution >= 4 is 49.1 Å². The zero-order valence-electron chi connectivity index (χ0n) is 20.2. The van der Waals surface area contributed by atoms with E-state index in [-0.39, 0.29) is 5.91 Å². The Bertz CT molecular complexity index is 1400. The predicted molar refractivity (Wildman–Crippen MR) is 143 cm³/mol. The van der Waals surface area contributed by atoms with Gasteiger partial charge in [0.1, 0.15) is 5.75 Å². The van der Waals surface area contributed by atoms with Gasteiger partial charge in [-0.15, -0.1) is 11.3 Å². The fraction of sp³-hybridized carbons (Fsp3) is 0.440. The fourth-order valence-electron chi connectivity index (χ4n) is 4.56. The third-order valence-corrected chi connectivity index (χ3v) is 9.83. The van der Waals surface area contributed by atoms with Crippen LogP contribution in [-0.4, -0.2) is 68.3 Å². The van der Waals surface area contributed by atoms with E-state index < -0.39 is 21.4 Å². The molecule has 4 heterocycles. The van der Waals surface area contributed by atoms with Crippen LogP contribution < -0.4 is 14.8 Å². The van der Waals surface area contributed by atoms with Crippen LogP contribution in [0.3, 0.4) is 0 Å². The van der Waals surface area contributed by atoms with Crippen molar-refractivity contribution in [3.8, 4) is 16.9 Å². The van der Waals surface area contributed by atoms with Crippen LogP contribution in [0.4, 0.5) is 0 Å². The number of nitrogens with one attached hydrogen (secondary N) is 2. The molecule has 1 saturated heterocycles. The summed E-state index contributed by atoms with van der Waals surface area (Å²) < 4.78 is 34.1. The molecule has 0 spiro atoms. The lowest BCUT2D eigenvalue weighted by Gasteiger charge is -2.29. The van der Waals surface area contributed by atoms with E-state index in [1.807, 2.05) is 29.2 Å². The third kappa shape index (κ3) is 5.10. The van der Waals surface area contributed by atoms with Crippen LogP contribution >= 0.6 is 22.9 Å². The highest BCUT2D eigenvalue weighted by molar-refractivity contribution is 7.90. The minimum Gasteiger partial charge on any atom is -0.479 e. The summed E-state index contributed by atoms with van der Waals surface area (Å²) in [6.45, 7) is 6.58. The first-order chi connectivity index (χ1) is 17.2. The molecule has 1 atom stereocenters. The zero-order valence-corrected chi connectivity index (χ0v) is 22.6. The lowest BCUT2D eigenvalue weighted by atomic mass is 10.0. The number of hydrogen-bond acceptors (Lipinski definition) is 7. The van der Waals surface area contributed by atoms with E-state index in [4.69, 9.17) is 16.3 Å². The summed E-state index contributed by atoms with van der Waals surface area (Å²) >= 11 is 8.09. The number of pyridine rings is 1. The molecule has 0 aliphatic carbocycles. The lowest BCUT2D eigenvalue weighted by Crippen LogP contribution is -2.50. The van der Waals surface area contributed by atoms with Crippen molar-refractivity contribution in [1.82, 2.24) is 19.9 Å². The molecule has 2 aliphatic rings. The Morgan fingerprint density at radius 1 is 1.28 bits per heavy atom. The highest BCUT2D eigenvalue weighted by atomic mass is 35.5. The standard InChI is InChI=1S/C25H29ClN4O4S2/c1-15(2)36(32,33)29-6-3-18-14-21-24(35-18)19(4-5-28-21)20-13-17(26)11-16-12-22(34-23(16)20)25(31)30-9-7-27-8-10-30/h4-5,11,13-15,22,27,29H,3,6-10,12H2,1-2H3. The number of fused-ring (bicyclic) bond motifs is 2. The van der Waals surface area contributed by atoms with Crippen molar-refractivity contribution < 1.29 is 17.9 Å². The number of nitrogens with zero attached hydrogens (tertiary/aromatic N) is 2. The number of amides is 1. The van der Waals surface area contributed by atoms with Crippen molar-refractivity contribution in [2.75, 3.05) is 32.7 Å². The second-order valence-electron chi connectivity index (χ2n) is 9.35. The van der Waals surface area contributed by atoms with Crippen molar-refractivity contribution in [1.29, 1.82) is 0 Å². The number of ether oxygens (including phenoxy) is 1. The second kappa shape index (κ2) is 10.3. The Morgan fingerprint density at radius 3 is 2.81 bits per heavy atom. The second-order valence-corrected chi connectivity index (χ2v) is 13.2. The van der Waals surface area contributed by atoms with Gasteiger partial charge in [-0.25, -0.2) is 13.1 Å². The average Bonchev–Trinajstić information content (AvgIpc) is 3.47. The van der Waals surface area contributed by atoms with E-state index in [1.165, 1.54) is 0 Å². The number of hydrogen-bond donors (Lipinski definition) is 2. The summed E-state index contributed by atoms with van der Waals surface area (Å²) in [5.41, 5.74) is 3.54. The van der Waals surface area contributed by atoms with Gasteiger partial charge in [0, 0.05) is 71.9 Å². The number of thiophene rings is 1. The van der Waals surface area contributed by atoms with Crippen molar-refractivity contribution in [2.24, 2.45) is 0 Å². The largest absolute Gasteiger partial charge is 0.479 e. The maximum atomic E-state index is 13.1. The summed E-state index contributed by atoms with van der Waals surface area (Å²) in [6, 6.07) is 7.69. The first-order valence-electron chi connectivity index (χ1n) is 12.1. The van der Waals surface area contributed by atoms with Crippen LogP contribution in [-0.2, 0) is 27.7 Å². The van der Waals surface area contributed by atoms with Crippen molar-refractivity contribution in [3.05, 3.63) is 45.9 Å². The normalized spacial score (nSPS) is 18.0. The molecule has 192 valence electrons. The molecule has 2 aliphatic heterocycles. The van der Waals surface area contributed by atoms with Crippen molar-refractivity contribution in [2.45, 2.75) is 38.0 Å². The number of halogens is 1. The number of benzene rings is 1. The van der Waals surface area contributed by atoms with Crippen LogP contribution in [0.2, 0.25) is 5.02 Å². The summed E-state index contributed by atoms with van der Waals surface area (Å²) in [7, 11) is -3.31. The molecule has 2 aromatic heterocycles. The summed E-state index contributed by atoms with van der Waals surface area (Å²) in [5, 5.41) is 3.39. The topological polar surface area (TPSA) is 101 Å². The number of sulfonamides is 1. The summed E-state index contributed by atoms with van der Waals surface area (Å²) in [5.74, 6) is 0.705. The molecule has 1 unspecified atom stereocenters. The Hall–Kier alpha value is -2.24.